The first kappa shape index (κ1) is 13.8. The van der Waals surface area contributed by atoms with Crippen LogP contribution in [-0.2, 0) is 5.75 Å². The molecule has 0 radical (unpaired) electrons. The maximum Gasteiger partial charge on any atom is 0.293 e. The molecule has 21 heavy (non-hydrogen) atoms. The van der Waals surface area contributed by atoms with Gasteiger partial charge >= 0.3 is 0 Å². The fourth-order valence-corrected chi connectivity index (χ4v) is 2.53. The summed E-state index contributed by atoms with van der Waals surface area (Å²) in [6.07, 6.45) is 1.57. The van der Waals surface area contributed by atoms with E-state index in [-0.39, 0.29) is 0 Å². The number of hydrogen-bond donors (Lipinski definition) is 0. The highest BCUT2D eigenvalue weighted by Gasteiger charge is 2.12. The molecular formula is C14H14N4O2S. The highest BCUT2D eigenvalue weighted by Crippen LogP contribution is 2.22. The SMILES string of the molecule is Cc1nc(SCc2noc(-c3ccco3)n2)nc(C)c1C. The lowest BCUT2D eigenvalue weighted by Gasteiger charge is -2.05. The Morgan fingerprint density at radius 3 is 2.52 bits per heavy atom. The number of furan rings is 1. The maximum absolute atomic E-state index is 5.21. The molecule has 0 atom stereocenters. The summed E-state index contributed by atoms with van der Waals surface area (Å²) in [5.41, 5.74) is 3.11. The molecule has 0 unspecified atom stereocenters. The summed E-state index contributed by atoms with van der Waals surface area (Å²) >= 11 is 1.48. The Morgan fingerprint density at radius 2 is 1.86 bits per heavy atom. The molecule has 0 bridgehead atoms. The second kappa shape index (κ2) is 5.69. The van der Waals surface area contributed by atoms with Gasteiger partial charge in [0.15, 0.2) is 16.7 Å². The quantitative estimate of drug-likeness (QED) is 0.540. The van der Waals surface area contributed by atoms with Gasteiger partial charge in [-0.05, 0) is 38.5 Å². The van der Waals surface area contributed by atoms with Crippen molar-refractivity contribution in [2.45, 2.75) is 31.7 Å². The monoisotopic (exact) mass is 302 g/mol. The Hall–Kier alpha value is -2.15. The van der Waals surface area contributed by atoms with Crippen molar-refractivity contribution in [2.75, 3.05) is 0 Å². The van der Waals surface area contributed by atoms with Gasteiger partial charge in [0, 0.05) is 11.4 Å². The van der Waals surface area contributed by atoms with Crippen molar-refractivity contribution in [3.63, 3.8) is 0 Å². The molecule has 3 aromatic rings. The van der Waals surface area contributed by atoms with E-state index in [1.807, 2.05) is 20.8 Å². The van der Waals surface area contributed by atoms with E-state index >= 15 is 0 Å². The topological polar surface area (TPSA) is 77.8 Å². The minimum absolute atomic E-state index is 0.382. The van der Waals surface area contributed by atoms with Crippen LogP contribution in [0.3, 0.4) is 0 Å². The van der Waals surface area contributed by atoms with Crippen LogP contribution in [0.1, 0.15) is 22.8 Å². The molecule has 0 saturated heterocycles. The van der Waals surface area contributed by atoms with Crippen molar-refractivity contribution >= 4 is 11.8 Å². The van der Waals surface area contributed by atoms with Crippen LogP contribution in [0, 0.1) is 20.8 Å². The van der Waals surface area contributed by atoms with Crippen LogP contribution >= 0.6 is 11.8 Å². The van der Waals surface area contributed by atoms with E-state index in [4.69, 9.17) is 8.94 Å². The molecule has 0 aliphatic heterocycles. The number of thioether (sulfide) groups is 1. The average molecular weight is 302 g/mol. The molecule has 3 aromatic heterocycles. The Balaban J connectivity index is 1.71. The summed E-state index contributed by atoms with van der Waals surface area (Å²) in [6.45, 7) is 5.99. The Kier molecular flexibility index (Phi) is 3.74. The molecule has 0 amide bonds. The van der Waals surface area contributed by atoms with Crippen molar-refractivity contribution in [1.82, 2.24) is 20.1 Å². The van der Waals surface area contributed by atoms with Gasteiger partial charge in [-0.1, -0.05) is 16.9 Å². The first-order valence-electron chi connectivity index (χ1n) is 6.44. The highest BCUT2D eigenvalue weighted by molar-refractivity contribution is 7.98. The third-order valence-electron chi connectivity index (χ3n) is 3.14. The van der Waals surface area contributed by atoms with Crippen LogP contribution in [0.15, 0.2) is 32.5 Å². The van der Waals surface area contributed by atoms with Gasteiger partial charge in [0.05, 0.1) is 12.0 Å². The molecular weight excluding hydrogens is 288 g/mol. The molecule has 3 heterocycles. The number of rotatable bonds is 4. The van der Waals surface area contributed by atoms with Crippen molar-refractivity contribution in [3.8, 4) is 11.7 Å². The van der Waals surface area contributed by atoms with Crippen LogP contribution in [0.2, 0.25) is 0 Å². The van der Waals surface area contributed by atoms with Crippen LogP contribution in [0.25, 0.3) is 11.7 Å². The van der Waals surface area contributed by atoms with Gasteiger partial charge in [0.25, 0.3) is 5.89 Å². The zero-order valence-corrected chi connectivity index (χ0v) is 12.8. The average Bonchev–Trinajstić information content (AvgIpc) is 3.12. The minimum Gasteiger partial charge on any atom is -0.459 e. The van der Waals surface area contributed by atoms with Gasteiger partial charge in [-0.15, -0.1) is 0 Å². The third kappa shape index (κ3) is 2.97. The smallest absolute Gasteiger partial charge is 0.293 e. The molecule has 0 aliphatic carbocycles. The van der Waals surface area contributed by atoms with Gasteiger partial charge in [-0.2, -0.15) is 4.98 Å². The van der Waals surface area contributed by atoms with Gasteiger partial charge in [0.2, 0.25) is 0 Å². The maximum atomic E-state index is 5.21. The van der Waals surface area contributed by atoms with E-state index < -0.39 is 0 Å². The lowest BCUT2D eigenvalue weighted by atomic mass is 10.2. The summed E-state index contributed by atoms with van der Waals surface area (Å²) in [7, 11) is 0. The third-order valence-corrected chi connectivity index (χ3v) is 3.99. The number of aryl methyl sites for hydroxylation is 2. The zero-order valence-electron chi connectivity index (χ0n) is 12.0. The standard InChI is InChI=1S/C14H14N4O2S/c1-8-9(2)15-14(16-10(8)3)21-7-12-17-13(20-18-12)11-5-4-6-19-11/h4-6H,7H2,1-3H3. The highest BCUT2D eigenvalue weighted by atomic mass is 32.2. The summed E-state index contributed by atoms with van der Waals surface area (Å²) in [5, 5.41) is 4.65. The second-order valence-electron chi connectivity index (χ2n) is 4.58. The largest absolute Gasteiger partial charge is 0.459 e. The molecule has 108 valence electrons. The predicted octanol–water partition coefficient (Wildman–Crippen LogP) is 3.34. The lowest BCUT2D eigenvalue weighted by Crippen LogP contribution is -1.98. The number of hydrogen-bond acceptors (Lipinski definition) is 7. The van der Waals surface area contributed by atoms with Crippen molar-refractivity contribution in [3.05, 3.63) is 41.2 Å². The van der Waals surface area contributed by atoms with E-state index in [9.17, 15) is 0 Å². The van der Waals surface area contributed by atoms with Crippen molar-refractivity contribution < 1.29 is 8.94 Å². The van der Waals surface area contributed by atoms with E-state index in [2.05, 4.69) is 20.1 Å². The van der Waals surface area contributed by atoms with Gasteiger partial charge in [-0.3, -0.25) is 0 Å². The summed E-state index contributed by atoms with van der Waals surface area (Å²) in [6, 6.07) is 3.56. The first-order valence-corrected chi connectivity index (χ1v) is 7.43. The van der Waals surface area contributed by atoms with E-state index in [0.717, 1.165) is 22.1 Å². The molecule has 0 spiro atoms. The predicted molar refractivity (Wildman–Crippen MR) is 77.8 cm³/mol. The van der Waals surface area contributed by atoms with E-state index in [0.29, 0.717) is 23.2 Å². The Morgan fingerprint density at radius 1 is 1.10 bits per heavy atom. The van der Waals surface area contributed by atoms with Crippen LogP contribution < -0.4 is 0 Å². The Labute approximate surface area is 126 Å². The summed E-state index contributed by atoms with van der Waals surface area (Å²) < 4.78 is 10.4. The van der Waals surface area contributed by atoms with Crippen molar-refractivity contribution in [2.24, 2.45) is 0 Å². The van der Waals surface area contributed by atoms with Crippen molar-refractivity contribution in [1.29, 1.82) is 0 Å². The normalized spacial score (nSPS) is 11.0. The second-order valence-corrected chi connectivity index (χ2v) is 5.53. The fourth-order valence-electron chi connectivity index (χ4n) is 1.75. The molecule has 0 saturated carbocycles. The van der Waals surface area contributed by atoms with E-state index in [1.165, 1.54) is 11.8 Å². The zero-order chi connectivity index (χ0) is 14.8. The van der Waals surface area contributed by atoms with Crippen LogP contribution in [0.5, 0.6) is 0 Å². The minimum atomic E-state index is 0.382. The van der Waals surface area contributed by atoms with Gasteiger partial charge < -0.3 is 8.94 Å². The first-order chi connectivity index (χ1) is 10.1. The Bertz CT molecular complexity index is 729. The molecule has 0 aromatic carbocycles. The summed E-state index contributed by atoms with van der Waals surface area (Å²) in [5.74, 6) is 2.09. The summed E-state index contributed by atoms with van der Waals surface area (Å²) in [4.78, 5) is 13.2. The molecule has 0 N–H and O–H groups in total. The molecule has 0 aliphatic rings. The number of aromatic nitrogens is 4. The van der Waals surface area contributed by atoms with E-state index in [1.54, 1.807) is 18.4 Å². The molecule has 3 rings (SSSR count). The lowest BCUT2D eigenvalue weighted by molar-refractivity contribution is 0.411. The van der Waals surface area contributed by atoms with Crippen LogP contribution in [0.4, 0.5) is 0 Å². The fraction of sp³-hybridized carbons (Fsp3) is 0.286. The molecule has 7 heteroatoms. The molecule has 6 nitrogen and oxygen atoms in total. The van der Waals surface area contributed by atoms with Crippen LogP contribution in [-0.4, -0.2) is 20.1 Å². The van der Waals surface area contributed by atoms with Gasteiger partial charge in [0.1, 0.15) is 0 Å². The number of nitrogens with zero attached hydrogens (tertiary/aromatic N) is 4. The van der Waals surface area contributed by atoms with Gasteiger partial charge in [-0.25, -0.2) is 9.97 Å². The molecule has 0 fully saturated rings.